The average molecular weight is 283 g/mol. The highest BCUT2D eigenvalue weighted by atomic mass is 14.2. The van der Waals surface area contributed by atoms with Crippen molar-refractivity contribution in [3.63, 3.8) is 0 Å². The van der Waals surface area contributed by atoms with Crippen LogP contribution in [-0.2, 0) is 0 Å². The van der Waals surface area contributed by atoms with Gasteiger partial charge in [-0.15, -0.1) is 0 Å². The van der Waals surface area contributed by atoms with Crippen LogP contribution in [0.2, 0.25) is 0 Å². The van der Waals surface area contributed by atoms with Gasteiger partial charge in [0.2, 0.25) is 0 Å². The zero-order chi connectivity index (χ0) is 15.5. The second kappa shape index (κ2) is 11.6. The lowest BCUT2D eigenvalue weighted by molar-refractivity contribution is 0.244. The summed E-state index contributed by atoms with van der Waals surface area (Å²) in [7, 11) is 0. The number of unbranched alkanes of at least 4 members (excludes halogenated alkanes) is 2. The normalized spacial score (nSPS) is 18.0. The average Bonchev–Trinajstić information content (AvgIpc) is 2.42. The molecule has 0 heterocycles. The van der Waals surface area contributed by atoms with Crippen molar-refractivity contribution in [2.24, 2.45) is 29.6 Å². The second-order valence-corrected chi connectivity index (χ2v) is 7.94. The number of rotatable bonds is 12. The van der Waals surface area contributed by atoms with E-state index in [1.807, 2.05) is 0 Å². The van der Waals surface area contributed by atoms with Gasteiger partial charge in [-0.1, -0.05) is 99.8 Å². The predicted molar refractivity (Wildman–Crippen MR) is 94.1 cm³/mol. The fraction of sp³-hybridized carbons (Fsp3) is 1.00. The van der Waals surface area contributed by atoms with E-state index in [0.717, 1.165) is 29.6 Å². The Morgan fingerprint density at radius 3 is 1.75 bits per heavy atom. The molecule has 0 saturated carbocycles. The molecule has 0 aliphatic rings. The van der Waals surface area contributed by atoms with E-state index in [1.165, 1.54) is 51.4 Å². The van der Waals surface area contributed by atoms with Gasteiger partial charge in [-0.05, 0) is 29.6 Å². The maximum absolute atomic E-state index is 2.46. The predicted octanol–water partition coefficient (Wildman–Crippen LogP) is 7.33. The van der Waals surface area contributed by atoms with Gasteiger partial charge in [-0.3, -0.25) is 0 Å². The monoisotopic (exact) mass is 282 g/mol. The SMILES string of the molecule is CCC(C)C(C)C(C)CCC(C)CCCCCC(C)C. The Labute approximate surface area is 130 Å². The minimum atomic E-state index is 0.885. The lowest BCUT2D eigenvalue weighted by Crippen LogP contribution is -2.16. The van der Waals surface area contributed by atoms with Crippen LogP contribution in [0.4, 0.5) is 0 Å². The van der Waals surface area contributed by atoms with Crippen LogP contribution in [0.1, 0.15) is 99.8 Å². The molecule has 4 unspecified atom stereocenters. The third-order valence-corrected chi connectivity index (χ3v) is 5.53. The summed E-state index contributed by atoms with van der Waals surface area (Å²) >= 11 is 0. The Hall–Kier alpha value is 0. The van der Waals surface area contributed by atoms with Crippen LogP contribution in [0.25, 0.3) is 0 Å². The van der Waals surface area contributed by atoms with Crippen LogP contribution in [0.5, 0.6) is 0 Å². The molecule has 0 amide bonds. The number of hydrogen-bond acceptors (Lipinski definition) is 0. The first-order valence-electron chi connectivity index (χ1n) is 9.38. The van der Waals surface area contributed by atoms with Gasteiger partial charge in [0.05, 0.1) is 0 Å². The van der Waals surface area contributed by atoms with Crippen molar-refractivity contribution < 1.29 is 0 Å². The Morgan fingerprint density at radius 1 is 0.600 bits per heavy atom. The van der Waals surface area contributed by atoms with Crippen molar-refractivity contribution >= 4 is 0 Å². The molecule has 0 aromatic heterocycles. The van der Waals surface area contributed by atoms with Crippen LogP contribution >= 0.6 is 0 Å². The molecule has 0 nitrogen and oxygen atoms in total. The maximum Gasteiger partial charge on any atom is -0.0391 e. The summed E-state index contributed by atoms with van der Waals surface area (Å²) in [5.41, 5.74) is 0. The minimum Gasteiger partial charge on any atom is -0.0651 e. The standard InChI is InChI=1S/C20H42/c1-8-18(5)20(7)19(6)15-14-17(4)13-11-9-10-12-16(2)3/h16-20H,8-15H2,1-7H3. The molecule has 4 atom stereocenters. The van der Waals surface area contributed by atoms with E-state index < -0.39 is 0 Å². The largest absolute Gasteiger partial charge is 0.0651 e. The first kappa shape index (κ1) is 20.0. The summed E-state index contributed by atoms with van der Waals surface area (Å²) in [6.45, 7) is 16.8. The molecule has 0 radical (unpaired) electrons. The molecule has 0 heteroatoms. The molecule has 0 rings (SSSR count). The molecule has 0 bridgehead atoms. The van der Waals surface area contributed by atoms with Crippen molar-refractivity contribution in [2.45, 2.75) is 99.8 Å². The lowest BCUT2D eigenvalue weighted by atomic mass is 9.80. The first-order chi connectivity index (χ1) is 9.38. The van der Waals surface area contributed by atoms with Crippen LogP contribution in [0.3, 0.4) is 0 Å². The summed E-state index contributed by atoms with van der Waals surface area (Å²) in [6, 6.07) is 0. The summed E-state index contributed by atoms with van der Waals surface area (Å²) < 4.78 is 0. The van der Waals surface area contributed by atoms with Gasteiger partial charge in [0, 0.05) is 0 Å². The summed E-state index contributed by atoms with van der Waals surface area (Å²) in [5.74, 6) is 4.49. The molecule has 20 heavy (non-hydrogen) atoms. The topological polar surface area (TPSA) is 0 Å². The molecule has 0 spiro atoms. The van der Waals surface area contributed by atoms with Gasteiger partial charge in [0.1, 0.15) is 0 Å². The van der Waals surface area contributed by atoms with Crippen molar-refractivity contribution in [3.8, 4) is 0 Å². The molecule has 122 valence electrons. The Balaban J connectivity index is 3.64. The smallest absolute Gasteiger partial charge is 0.0391 e. The van der Waals surface area contributed by atoms with E-state index >= 15 is 0 Å². The van der Waals surface area contributed by atoms with Gasteiger partial charge >= 0.3 is 0 Å². The Kier molecular flexibility index (Phi) is 11.6. The van der Waals surface area contributed by atoms with Gasteiger partial charge in [0.15, 0.2) is 0 Å². The highest BCUT2D eigenvalue weighted by Gasteiger charge is 2.18. The lowest BCUT2D eigenvalue weighted by Gasteiger charge is -2.26. The summed E-state index contributed by atoms with van der Waals surface area (Å²) in [4.78, 5) is 0. The molecule has 0 fully saturated rings. The van der Waals surface area contributed by atoms with Crippen LogP contribution < -0.4 is 0 Å². The van der Waals surface area contributed by atoms with Crippen LogP contribution in [-0.4, -0.2) is 0 Å². The maximum atomic E-state index is 2.46. The highest BCUT2D eigenvalue weighted by Crippen LogP contribution is 2.28. The zero-order valence-corrected chi connectivity index (χ0v) is 15.5. The van der Waals surface area contributed by atoms with Gasteiger partial charge < -0.3 is 0 Å². The third-order valence-electron chi connectivity index (χ3n) is 5.53. The molecule has 0 aromatic rings. The van der Waals surface area contributed by atoms with Gasteiger partial charge in [0.25, 0.3) is 0 Å². The first-order valence-corrected chi connectivity index (χ1v) is 9.38. The fourth-order valence-corrected chi connectivity index (χ4v) is 3.11. The Morgan fingerprint density at radius 2 is 1.20 bits per heavy atom. The van der Waals surface area contributed by atoms with Gasteiger partial charge in [-0.25, -0.2) is 0 Å². The number of hydrogen-bond donors (Lipinski definition) is 0. The van der Waals surface area contributed by atoms with Crippen molar-refractivity contribution in [1.29, 1.82) is 0 Å². The van der Waals surface area contributed by atoms with Crippen molar-refractivity contribution in [2.75, 3.05) is 0 Å². The third kappa shape index (κ3) is 9.83. The molecular formula is C20H42. The fourth-order valence-electron chi connectivity index (χ4n) is 3.11. The van der Waals surface area contributed by atoms with E-state index in [2.05, 4.69) is 48.5 Å². The van der Waals surface area contributed by atoms with Crippen LogP contribution in [0.15, 0.2) is 0 Å². The van der Waals surface area contributed by atoms with E-state index in [0.29, 0.717) is 0 Å². The van der Waals surface area contributed by atoms with Crippen molar-refractivity contribution in [1.82, 2.24) is 0 Å². The Bertz CT molecular complexity index is 206. The van der Waals surface area contributed by atoms with E-state index in [-0.39, 0.29) is 0 Å². The highest BCUT2D eigenvalue weighted by molar-refractivity contribution is 4.68. The van der Waals surface area contributed by atoms with E-state index in [4.69, 9.17) is 0 Å². The van der Waals surface area contributed by atoms with Crippen molar-refractivity contribution in [3.05, 3.63) is 0 Å². The van der Waals surface area contributed by atoms with E-state index in [9.17, 15) is 0 Å². The summed E-state index contributed by atoms with van der Waals surface area (Å²) in [5, 5.41) is 0. The van der Waals surface area contributed by atoms with Crippen LogP contribution in [0, 0.1) is 29.6 Å². The zero-order valence-electron chi connectivity index (χ0n) is 15.5. The minimum absolute atomic E-state index is 0.885. The second-order valence-electron chi connectivity index (χ2n) is 7.94. The summed E-state index contributed by atoms with van der Waals surface area (Å²) in [6.07, 6.45) is 11.4. The quantitative estimate of drug-likeness (QED) is 0.329. The molecule has 0 saturated heterocycles. The molecule has 0 aromatic carbocycles. The van der Waals surface area contributed by atoms with Gasteiger partial charge in [-0.2, -0.15) is 0 Å². The van der Waals surface area contributed by atoms with E-state index in [1.54, 1.807) is 0 Å². The molecular weight excluding hydrogens is 240 g/mol. The molecule has 0 N–H and O–H groups in total. The molecule has 0 aliphatic heterocycles. The molecule has 0 aliphatic carbocycles.